The van der Waals surface area contributed by atoms with Crippen molar-refractivity contribution in [3.8, 4) is 5.75 Å². The first-order valence-corrected chi connectivity index (χ1v) is 8.02. The van der Waals surface area contributed by atoms with Gasteiger partial charge in [0.1, 0.15) is 28.9 Å². The fraction of sp³-hybridized carbons (Fsp3) is 0.100. The van der Waals surface area contributed by atoms with Gasteiger partial charge >= 0.3 is 0 Å². The van der Waals surface area contributed by atoms with E-state index in [1.54, 1.807) is 12.5 Å². The van der Waals surface area contributed by atoms with Crippen LogP contribution in [0.15, 0.2) is 71.5 Å². The molecule has 0 radical (unpaired) electrons. The number of aromatic nitrogens is 2. The molecule has 1 aromatic carbocycles. The lowest BCUT2D eigenvalue weighted by Crippen LogP contribution is -2.13. The number of rotatable bonds is 4. The van der Waals surface area contributed by atoms with E-state index >= 15 is 0 Å². The van der Waals surface area contributed by atoms with Crippen molar-refractivity contribution in [3.63, 3.8) is 0 Å². The van der Waals surface area contributed by atoms with Crippen LogP contribution in [0.5, 0.6) is 5.75 Å². The highest BCUT2D eigenvalue weighted by molar-refractivity contribution is 5.86. The SMILES string of the molecule is Cc1ccc2ccc(C(Nc3ccccn3)c3ccco3)c(O)c2n1. The molecule has 3 heterocycles. The Hall–Kier alpha value is -3.34. The summed E-state index contributed by atoms with van der Waals surface area (Å²) >= 11 is 0. The molecular formula is C20H17N3O2. The van der Waals surface area contributed by atoms with Gasteiger partial charge in [0.2, 0.25) is 0 Å². The highest BCUT2D eigenvalue weighted by atomic mass is 16.3. The monoisotopic (exact) mass is 331 g/mol. The highest BCUT2D eigenvalue weighted by Gasteiger charge is 2.22. The van der Waals surface area contributed by atoms with E-state index in [4.69, 9.17) is 4.42 Å². The van der Waals surface area contributed by atoms with E-state index in [9.17, 15) is 5.11 Å². The Morgan fingerprint density at radius 1 is 1.04 bits per heavy atom. The predicted molar refractivity (Wildman–Crippen MR) is 96.6 cm³/mol. The Balaban J connectivity index is 1.84. The van der Waals surface area contributed by atoms with Crippen LogP contribution in [0.2, 0.25) is 0 Å². The lowest BCUT2D eigenvalue weighted by molar-refractivity contribution is 0.458. The summed E-state index contributed by atoms with van der Waals surface area (Å²) in [5, 5.41) is 15.1. The Morgan fingerprint density at radius 2 is 1.92 bits per heavy atom. The average Bonchev–Trinajstić information content (AvgIpc) is 3.16. The summed E-state index contributed by atoms with van der Waals surface area (Å²) in [4.78, 5) is 8.79. The molecule has 0 saturated carbocycles. The Labute approximate surface area is 145 Å². The van der Waals surface area contributed by atoms with Gasteiger partial charge in [-0.05, 0) is 37.3 Å². The number of furan rings is 1. The second kappa shape index (κ2) is 6.28. The number of nitrogens with one attached hydrogen (secondary N) is 1. The molecule has 5 heteroatoms. The first-order chi connectivity index (χ1) is 12.2. The molecule has 0 aliphatic rings. The minimum Gasteiger partial charge on any atom is -0.505 e. The third-order valence-corrected chi connectivity index (χ3v) is 4.10. The zero-order valence-electron chi connectivity index (χ0n) is 13.7. The van der Waals surface area contributed by atoms with Gasteiger partial charge in [0.05, 0.1) is 6.26 Å². The molecule has 1 unspecified atom stereocenters. The summed E-state index contributed by atoms with van der Waals surface area (Å²) in [6.07, 6.45) is 3.33. The summed E-state index contributed by atoms with van der Waals surface area (Å²) in [6.45, 7) is 1.90. The van der Waals surface area contributed by atoms with Gasteiger partial charge in [-0.25, -0.2) is 9.97 Å². The standard InChI is InChI=1S/C20H17N3O2/c1-13-7-8-14-9-10-15(20(24)18(14)22-13)19(16-5-4-12-25-16)23-17-6-2-3-11-21-17/h2-12,19,24H,1H3,(H,21,23). The van der Waals surface area contributed by atoms with Crippen molar-refractivity contribution in [1.82, 2.24) is 9.97 Å². The van der Waals surface area contributed by atoms with E-state index in [0.717, 1.165) is 11.1 Å². The molecule has 124 valence electrons. The largest absolute Gasteiger partial charge is 0.505 e. The molecule has 0 aliphatic carbocycles. The molecule has 0 aliphatic heterocycles. The van der Waals surface area contributed by atoms with Crippen LogP contribution in [0.3, 0.4) is 0 Å². The van der Waals surface area contributed by atoms with Crippen molar-refractivity contribution in [2.75, 3.05) is 5.32 Å². The zero-order chi connectivity index (χ0) is 17.2. The highest BCUT2D eigenvalue weighted by Crippen LogP contribution is 2.36. The average molecular weight is 331 g/mol. The third kappa shape index (κ3) is 2.92. The number of phenols is 1. The number of nitrogens with zero attached hydrogens (tertiary/aromatic N) is 2. The second-order valence-corrected chi connectivity index (χ2v) is 5.84. The van der Waals surface area contributed by atoms with Crippen LogP contribution in [-0.4, -0.2) is 15.1 Å². The van der Waals surface area contributed by atoms with Crippen molar-refractivity contribution in [1.29, 1.82) is 0 Å². The van der Waals surface area contributed by atoms with Gasteiger partial charge in [0.15, 0.2) is 0 Å². The second-order valence-electron chi connectivity index (χ2n) is 5.84. The summed E-state index contributed by atoms with van der Waals surface area (Å²) in [6, 6.07) is 16.7. The van der Waals surface area contributed by atoms with Crippen LogP contribution in [0.1, 0.15) is 23.1 Å². The number of anilines is 1. The molecule has 0 bridgehead atoms. The van der Waals surface area contributed by atoms with Crippen molar-refractivity contribution in [3.05, 3.63) is 84.1 Å². The Kier molecular flexibility index (Phi) is 3.82. The molecule has 0 spiro atoms. The molecule has 2 N–H and O–H groups in total. The smallest absolute Gasteiger partial charge is 0.147 e. The first kappa shape index (κ1) is 15.2. The third-order valence-electron chi connectivity index (χ3n) is 4.10. The van der Waals surface area contributed by atoms with Gasteiger partial charge in [-0.2, -0.15) is 0 Å². The van der Waals surface area contributed by atoms with E-state index in [1.165, 1.54) is 0 Å². The van der Waals surface area contributed by atoms with E-state index in [2.05, 4.69) is 15.3 Å². The van der Waals surface area contributed by atoms with Crippen LogP contribution in [-0.2, 0) is 0 Å². The normalized spacial score (nSPS) is 12.2. The maximum Gasteiger partial charge on any atom is 0.147 e. The first-order valence-electron chi connectivity index (χ1n) is 8.02. The van der Waals surface area contributed by atoms with Gasteiger partial charge in [0.25, 0.3) is 0 Å². The fourth-order valence-corrected chi connectivity index (χ4v) is 2.87. The predicted octanol–water partition coefficient (Wildman–Crippen LogP) is 4.44. The van der Waals surface area contributed by atoms with Crippen LogP contribution in [0.25, 0.3) is 10.9 Å². The molecule has 5 nitrogen and oxygen atoms in total. The van der Waals surface area contributed by atoms with E-state index in [1.807, 2.05) is 61.5 Å². The molecule has 4 aromatic rings. The summed E-state index contributed by atoms with van der Waals surface area (Å²) < 4.78 is 5.59. The van der Waals surface area contributed by atoms with E-state index in [-0.39, 0.29) is 11.8 Å². The number of pyridine rings is 2. The van der Waals surface area contributed by atoms with E-state index in [0.29, 0.717) is 22.7 Å². The zero-order valence-corrected chi connectivity index (χ0v) is 13.7. The lowest BCUT2D eigenvalue weighted by atomic mass is 10.0. The van der Waals surface area contributed by atoms with Crippen LogP contribution >= 0.6 is 0 Å². The summed E-state index contributed by atoms with van der Waals surface area (Å²) in [5.74, 6) is 1.53. The molecule has 25 heavy (non-hydrogen) atoms. The number of phenolic OH excluding ortho intramolecular Hbond substituents is 1. The summed E-state index contributed by atoms with van der Waals surface area (Å²) in [5.41, 5.74) is 2.12. The van der Waals surface area contributed by atoms with Gasteiger partial charge in [-0.1, -0.05) is 24.3 Å². The number of fused-ring (bicyclic) bond motifs is 1. The molecular weight excluding hydrogens is 314 g/mol. The van der Waals surface area contributed by atoms with Gasteiger partial charge < -0.3 is 14.8 Å². The lowest BCUT2D eigenvalue weighted by Gasteiger charge is -2.19. The van der Waals surface area contributed by atoms with Crippen LogP contribution in [0.4, 0.5) is 5.82 Å². The van der Waals surface area contributed by atoms with Gasteiger partial charge in [-0.15, -0.1) is 0 Å². The molecule has 3 aromatic heterocycles. The minimum atomic E-state index is -0.378. The maximum absolute atomic E-state index is 10.9. The minimum absolute atomic E-state index is 0.144. The maximum atomic E-state index is 10.9. The van der Waals surface area contributed by atoms with Gasteiger partial charge in [-0.3, -0.25) is 0 Å². The molecule has 0 saturated heterocycles. The van der Waals surface area contributed by atoms with Gasteiger partial charge in [0, 0.05) is 22.8 Å². The molecule has 1 atom stereocenters. The Morgan fingerprint density at radius 3 is 2.68 bits per heavy atom. The summed E-state index contributed by atoms with van der Waals surface area (Å²) in [7, 11) is 0. The number of aromatic hydroxyl groups is 1. The van der Waals surface area contributed by atoms with E-state index < -0.39 is 0 Å². The molecule has 0 amide bonds. The number of hydrogen-bond donors (Lipinski definition) is 2. The number of aryl methyl sites for hydroxylation is 1. The Bertz CT molecular complexity index is 998. The van der Waals surface area contributed by atoms with Crippen molar-refractivity contribution in [2.45, 2.75) is 13.0 Å². The quantitative estimate of drug-likeness (QED) is 0.578. The van der Waals surface area contributed by atoms with Crippen LogP contribution < -0.4 is 5.32 Å². The van der Waals surface area contributed by atoms with Crippen molar-refractivity contribution in [2.24, 2.45) is 0 Å². The number of benzene rings is 1. The van der Waals surface area contributed by atoms with Crippen LogP contribution in [0, 0.1) is 6.92 Å². The van der Waals surface area contributed by atoms with Crippen molar-refractivity contribution < 1.29 is 9.52 Å². The topological polar surface area (TPSA) is 71.2 Å². The molecule has 4 rings (SSSR count). The number of hydrogen-bond acceptors (Lipinski definition) is 5. The van der Waals surface area contributed by atoms with Crippen molar-refractivity contribution >= 4 is 16.7 Å². The molecule has 0 fully saturated rings. The fourth-order valence-electron chi connectivity index (χ4n) is 2.87.